The lowest BCUT2D eigenvalue weighted by Gasteiger charge is -2.35. The van der Waals surface area contributed by atoms with Gasteiger partial charge in [0.05, 0.1) is 23.3 Å². The van der Waals surface area contributed by atoms with Gasteiger partial charge in [0.25, 0.3) is 0 Å². The monoisotopic (exact) mass is 280 g/mol. The summed E-state index contributed by atoms with van der Waals surface area (Å²) in [6, 6.07) is 8.24. The molecule has 1 heterocycles. The van der Waals surface area contributed by atoms with Gasteiger partial charge in [0.15, 0.2) is 0 Å². The van der Waals surface area contributed by atoms with Crippen LogP contribution in [0.5, 0.6) is 0 Å². The minimum absolute atomic E-state index is 0.0357. The lowest BCUT2D eigenvalue weighted by atomic mass is 10.0. The summed E-state index contributed by atoms with van der Waals surface area (Å²) in [4.78, 5) is 10.6. The first-order valence-electron chi connectivity index (χ1n) is 5.62. The summed E-state index contributed by atoms with van der Waals surface area (Å²) >= 11 is 0. The first-order valence-corrected chi connectivity index (χ1v) is 7.23. The second kappa shape index (κ2) is 4.99. The second-order valence-electron chi connectivity index (χ2n) is 4.42. The van der Waals surface area contributed by atoms with E-state index in [-0.39, 0.29) is 18.8 Å². The van der Waals surface area contributed by atoms with Crippen LogP contribution in [0.4, 0.5) is 0 Å². The fourth-order valence-corrected chi connectivity index (χ4v) is 3.41. The Labute approximate surface area is 110 Å². The van der Waals surface area contributed by atoms with E-state index in [0.29, 0.717) is 11.1 Å². The maximum absolute atomic E-state index is 12.0. The molecule has 2 rings (SSSR count). The molecule has 1 fully saturated rings. The van der Waals surface area contributed by atoms with Gasteiger partial charge in [-0.2, -0.15) is 9.57 Å². The van der Waals surface area contributed by atoms with Crippen LogP contribution in [-0.2, 0) is 20.6 Å². The molecule has 0 radical (unpaired) electrons. The van der Waals surface area contributed by atoms with Gasteiger partial charge in [0.2, 0.25) is 10.0 Å². The fourth-order valence-electron chi connectivity index (χ4n) is 1.80. The Morgan fingerprint density at radius 1 is 1.37 bits per heavy atom. The molecule has 0 spiro atoms. The Bertz CT molecular complexity index is 625. The fraction of sp³-hybridized carbons (Fsp3) is 0.333. The molecule has 1 saturated heterocycles. The van der Waals surface area contributed by atoms with Crippen molar-refractivity contribution in [2.45, 2.75) is 5.75 Å². The molecule has 1 aliphatic rings. The van der Waals surface area contributed by atoms with E-state index in [0.717, 1.165) is 0 Å². The highest BCUT2D eigenvalue weighted by Gasteiger charge is 2.39. The smallest absolute Gasteiger partial charge is 0.309 e. The third-order valence-electron chi connectivity index (χ3n) is 3.02. The van der Waals surface area contributed by atoms with Gasteiger partial charge < -0.3 is 5.11 Å². The molecule has 19 heavy (non-hydrogen) atoms. The minimum atomic E-state index is -3.48. The third-order valence-corrected chi connectivity index (χ3v) is 4.81. The Morgan fingerprint density at radius 2 is 1.95 bits per heavy atom. The van der Waals surface area contributed by atoms with Crippen molar-refractivity contribution in [2.24, 2.45) is 5.92 Å². The van der Waals surface area contributed by atoms with Crippen LogP contribution in [0.1, 0.15) is 11.1 Å². The molecular weight excluding hydrogens is 268 g/mol. The average Bonchev–Trinajstić information content (AvgIpc) is 2.26. The molecule has 6 nitrogen and oxygen atoms in total. The van der Waals surface area contributed by atoms with Gasteiger partial charge in [-0.3, -0.25) is 4.79 Å². The summed E-state index contributed by atoms with van der Waals surface area (Å²) < 4.78 is 25.1. The standard InChI is InChI=1S/C12H12N2O4S/c13-5-9-1-3-10(4-2-9)8-19(17,18)14-6-11(7-14)12(15)16/h1-4,11H,6-8H2,(H,15,16). The number of nitrogens with zero attached hydrogens (tertiary/aromatic N) is 2. The number of carboxylic acid groups (broad SMARTS) is 1. The number of sulfonamides is 1. The van der Waals surface area contributed by atoms with Crippen molar-refractivity contribution in [2.75, 3.05) is 13.1 Å². The average molecular weight is 280 g/mol. The zero-order chi connectivity index (χ0) is 14.0. The molecule has 0 bridgehead atoms. The minimum Gasteiger partial charge on any atom is -0.481 e. The Kier molecular flexibility index (Phi) is 3.55. The number of rotatable bonds is 4. The molecule has 1 aromatic carbocycles. The highest BCUT2D eigenvalue weighted by molar-refractivity contribution is 7.88. The molecule has 1 N–H and O–H groups in total. The maximum atomic E-state index is 12.0. The van der Waals surface area contributed by atoms with Crippen LogP contribution < -0.4 is 0 Å². The normalized spacial score (nSPS) is 16.6. The summed E-state index contributed by atoms with van der Waals surface area (Å²) in [5.74, 6) is -1.74. The van der Waals surface area contributed by atoms with E-state index in [1.807, 2.05) is 6.07 Å². The molecule has 0 amide bonds. The molecule has 0 atom stereocenters. The van der Waals surface area contributed by atoms with Crippen molar-refractivity contribution in [3.8, 4) is 6.07 Å². The van der Waals surface area contributed by atoms with Crippen molar-refractivity contribution in [1.29, 1.82) is 5.26 Å². The first kappa shape index (κ1) is 13.5. The van der Waals surface area contributed by atoms with Crippen LogP contribution in [0, 0.1) is 17.2 Å². The van der Waals surface area contributed by atoms with Crippen LogP contribution in [0.3, 0.4) is 0 Å². The van der Waals surface area contributed by atoms with Gasteiger partial charge in [0, 0.05) is 13.1 Å². The highest BCUT2D eigenvalue weighted by Crippen LogP contribution is 2.22. The van der Waals surface area contributed by atoms with Crippen LogP contribution in [0.25, 0.3) is 0 Å². The van der Waals surface area contributed by atoms with E-state index < -0.39 is 21.9 Å². The van der Waals surface area contributed by atoms with Crippen molar-refractivity contribution < 1.29 is 18.3 Å². The molecular formula is C12H12N2O4S. The predicted molar refractivity (Wildman–Crippen MR) is 66.5 cm³/mol. The lowest BCUT2D eigenvalue weighted by molar-refractivity contribution is -0.145. The van der Waals surface area contributed by atoms with Gasteiger partial charge in [0.1, 0.15) is 0 Å². The SMILES string of the molecule is N#Cc1ccc(CS(=O)(=O)N2CC(C(=O)O)C2)cc1. The molecule has 0 unspecified atom stereocenters. The number of carboxylic acids is 1. The third kappa shape index (κ3) is 2.92. The van der Waals surface area contributed by atoms with Crippen LogP contribution in [0.2, 0.25) is 0 Å². The summed E-state index contributed by atoms with van der Waals surface area (Å²) in [5.41, 5.74) is 1.05. The van der Waals surface area contributed by atoms with Crippen molar-refractivity contribution in [3.63, 3.8) is 0 Å². The van der Waals surface area contributed by atoms with Crippen LogP contribution in [-0.4, -0.2) is 36.9 Å². The Morgan fingerprint density at radius 3 is 2.42 bits per heavy atom. The summed E-state index contributed by atoms with van der Waals surface area (Å²) in [5, 5.41) is 17.4. The van der Waals surface area contributed by atoms with E-state index in [4.69, 9.17) is 10.4 Å². The number of benzene rings is 1. The summed E-state index contributed by atoms with van der Waals surface area (Å²) in [6.45, 7) is 0.0713. The summed E-state index contributed by atoms with van der Waals surface area (Å²) in [7, 11) is -3.48. The Hall–Kier alpha value is -1.91. The summed E-state index contributed by atoms with van der Waals surface area (Å²) in [6.07, 6.45) is 0. The van der Waals surface area contributed by atoms with E-state index in [1.54, 1.807) is 24.3 Å². The van der Waals surface area contributed by atoms with Crippen molar-refractivity contribution >= 4 is 16.0 Å². The number of hydrogen-bond acceptors (Lipinski definition) is 4. The molecule has 0 aliphatic carbocycles. The van der Waals surface area contributed by atoms with Crippen LogP contribution in [0.15, 0.2) is 24.3 Å². The topological polar surface area (TPSA) is 98.5 Å². The molecule has 1 aromatic rings. The number of carbonyl (C=O) groups is 1. The largest absolute Gasteiger partial charge is 0.481 e. The van der Waals surface area contributed by atoms with E-state index in [2.05, 4.69) is 0 Å². The van der Waals surface area contributed by atoms with E-state index in [1.165, 1.54) is 4.31 Å². The van der Waals surface area contributed by atoms with Gasteiger partial charge in [-0.25, -0.2) is 8.42 Å². The van der Waals surface area contributed by atoms with Crippen molar-refractivity contribution in [1.82, 2.24) is 4.31 Å². The molecule has 100 valence electrons. The highest BCUT2D eigenvalue weighted by atomic mass is 32.2. The predicted octanol–water partition coefficient (Wildman–Crippen LogP) is 0.404. The molecule has 7 heteroatoms. The van der Waals surface area contributed by atoms with E-state index in [9.17, 15) is 13.2 Å². The quantitative estimate of drug-likeness (QED) is 0.861. The van der Waals surface area contributed by atoms with Gasteiger partial charge in [-0.05, 0) is 17.7 Å². The second-order valence-corrected chi connectivity index (χ2v) is 6.39. The van der Waals surface area contributed by atoms with Gasteiger partial charge in [-0.15, -0.1) is 0 Å². The molecule has 0 saturated carbocycles. The van der Waals surface area contributed by atoms with Gasteiger partial charge >= 0.3 is 5.97 Å². The Balaban J connectivity index is 2.02. The number of nitriles is 1. The zero-order valence-corrected chi connectivity index (χ0v) is 10.8. The number of aliphatic carboxylic acids is 1. The zero-order valence-electron chi connectivity index (χ0n) is 9.98. The van der Waals surface area contributed by atoms with Crippen molar-refractivity contribution in [3.05, 3.63) is 35.4 Å². The van der Waals surface area contributed by atoms with Crippen LogP contribution >= 0.6 is 0 Å². The number of hydrogen-bond donors (Lipinski definition) is 1. The molecule has 0 aromatic heterocycles. The maximum Gasteiger partial charge on any atom is 0.309 e. The van der Waals surface area contributed by atoms with E-state index >= 15 is 0 Å². The lowest BCUT2D eigenvalue weighted by Crippen LogP contribution is -2.53. The molecule has 1 aliphatic heterocycles. The first-order chi connectivity index (χ1) is 8.92. The van der Waals surface area contributed by atoms with Gasteiger partial charge in [-0.1, -0.05) is 12.1 Å².